The van der Waals surface area contributed by atoms with Crippen LogP contribution in [0.15, 0.2) is 54.6 Å². The molecule has 0 saturated carbocycles. The summed E-state index contributed by atoms with van der Waals surface area (Å²) in [5.41, 5.74) is -2.65. The van der Waals surface area contributed by atoms with Crippen molar-refractivity contribution in [2.24, 2.45) is 0 Å². The highest BCUT2D eigenvalue weighted by molar-refractivity contribution is 8.14. The van der Waals surface area contributed by atoms with E-state index in [1.807, 2.05) is 19.9 Å². The van der Waals surface area contributed by atoms with Crippen LogP contribution in [-0.4, -0.2) is 23.3 Å². The summed E-state index contributed by atoms with van der Waals surface area (Å²) in [5, 5.41) is -1.85. The van der Waals surface area contributed by atoms with Gasteiger partial charge in [-0.1, -0.05) is 37.7 Å². The molecule has 1 amide bonds. The molecule has 0 aromatic heterocycles. The molecule has 13 heteroatoms. The van der Waals surface area contributed by atoms with Gasteiger partial charge in [0.2, 0.25) is 0 Å². The van der Waals surface area contributed by atoms with E-state index in [9.17, 15) is 44.3 Å². The van der Waals surface area contributed by atoms with E-state index in [-0.39, 0.29) is 29.7 Å². The van der Waals surface area contributed by atoms with Crippen molar-refractivity contribution in [1.29, 1.82) is 0 Å². The highest BCUT2D eigenvalue weighted by Gasteiger charge is 2.43. The van der Waals surface area contributed by atoms with Crippen LogP contribution in [0, 0.1) is 0 Å². The van der Waals surface area contributed by atoms with Gasteiger partial charge in [-0.2, -0.15) is 39.5 Å². The fourth-order valence-corrected chi connectivity index (χ4v) is 6.14. The molecule has 0 aliphatic carbocycles. The maximum atomic E-state index is 13.7. The highest BCUT2D eigenvalue weighted by atomic mass is 32.2. The first-order chi connectivity index (χ1) is 19.8. The third-order valence-corrected chi connectivity index (χ3v) is 8.64. The molecule has 3 nitrogen and oxygen atoms in total. The molecule has 3 aromatic carbocycles. The Balaban J connectivity index is 1.80. The van der Waals surface area contributed by atoms with Crippen molar-refractivity contribution in [2.75, 3.05) is 7.11 Å². The number of benzene rings is 3. The number of rotatable bonds is 6. The van der Waals surface area contributed by atoms with E-state index in [4.69, 9.17) is 4.74 Å². The first-order valence-electron chi connectivity index (χ1n) is 13.0. The number of nitrogens with zero attached hydrogens (tertiary/aromatic N) is 1. The van der Waals surface area contributed by atoms with Crippen molar-refractivity contribution < 1.29 is 49.0 Å². The van der Waals surface area contributed by atoms with Crippen molar-refractivity contribution >= 4 is 17.0 Å². The van der Waals surface area contributed by atoms with E-state index in [0.29, 0.717) is 40.8 Å². The van der Waals surface area contributed by atoms with E-state index in [1.165, 1.54) is 20.1 Å². The molecular formula is C30H26F9NO2S. The standard InChI is InChI=1S/C30H26F9NO2S/c1-15(2)17-5-8-25(42-4)24(12-17)23-7-6-20(28(31,32)33)11-19(23)14-40-16(3)26(43-27(40)41)18-9-21(29(34,35)36)13-22(10-18)30(37,38)39/h5-13,15-16,26H,14H2,1-4H3. The molecule has 2 atom stereocenters. The molecule has 0 radical (unpaired) electrons. The fraction of sp³-hybridized carbons (Fsp3) is 0.367. The van der Waals surface area contributed by atoms with Crippen LogP contribution in [0.2, 0.25) is 0 Å². The molecule has 1 aliphatic rings. The van der Waals surface area contributed by atoms with E-state index >= 15 is 0 Å². The summed E-state index contributed by atoms with van der Waals surface area (Å²) in [7, 11) is 1.40. The lowest BCUT2D eigenvalue weighted by molar-refractivity contribution is -0.143. The maximum absolute atomic E-state index is 13.7. The second-order valence-electron chi connectivity index (χ2n) is 10.5. The van der Waals surface area contributed by atoms with Gasteiger partial charge in [-0.05, 0) is 77.6 Å². The molecule has 4 rings (SSSR count). The minimum Gasteiger partial charge on any atom is -0.496 e. The van der Waals surface area contributed by atoms with E-state index in [2.05, 4.69) is 0 Å². The van der Waals surface area contributed by atoms with Gasteiger partial charge in [-0.25, -0.2) is 0 Å². The molecule has 1 fully saturated rings. The van der Waals surface area contributed by atoms with Gasteiger partial charge in [-0.3, -0.25) is 4.79 Å². The molecule has 1 saturated heterocycles. The third-order valence-electron chi connectivity index (χ3n) is 7.28. The van der Waals surface area contributed by atoms with Crippen LogP contribution in [0.25, 0.3) is 11.1 Å². The van der Waals surface area contributed by atoms with Crippen LogP contribution in [0.3, 0.4) is 0 Å². The van der Waals surface area contributed by atoms with Gasteiger partial charge in [-0.15, -0.1) is 0 Å². The van der Waals surface area contributed by atoms with Crippen molar-refractivity contribution in [3.63, 3.8) is 0 Å². The zero-order valence-electron chi connectivity index (χ0n) is 23.2. The minimum absolute atomic E-state index is 0.000942. The molecule has 0 bridgehead atoms. The zero-order valence-corrected chi connectivity index (χ0v) is 24.0. The number of carbonyl (C=O) groups is 1. The summed E-state index contributed by atoms with van der Waals surface area (Å²) >= 11 is 0.524. The first-order valence-corrected chi connectivity index (χ1v) is 13.8. The molecule has 3 aromatic rings. The highest BCUT2D eigenvalue weighted by Crippen LogP contribution is 2.48. The van der Waals surface area contributed by atoms with E-state index in [0.717, 1.165) is 22.6 Å². The van der Waals surface area contributed by atoms with Gasteiger partial charge in [0.05, 0.1) is 29.1 Å². The van der Waals surface area contributed by atoms with Gasteiger partial charge in [0, 0.05) is 18.2 Å². The number of ether oxygens (including phenoxy) is 1. The van der Waals surface area contributed by atoms with Crippen molar-refractivity contribution in [1.82, 2.24) is 4.90 Å². The predicted octanol–water partition coefficient (Wildman–Crippen LogP) is 10.3. The summed E-state index contributed by atoms with van der Waals surface area (Å²) in [6.45, 7) is 4.91. The summed E-state index contributed by atoms with van der Waals surface area (Å²) in [6.07, 6.45) is -14.9. The Kier molecular flexibility index (Phi) is 8.80. The Morgan fingerprint density at radius 2 is 1.37 bits per heavy atom. The van der Waals surface area contributed by atoms with Crippen LogP contribution in [0.5, 0.6) is 5.75 Å². The lowest BCUT2D eigenvalue weighted by Gasteiger charge is -2.26. The SMILES string of the molecule is COc1ccc(C(C)C)cc1-c1ccc(C(F)(F)F)cc1CN1C(=O)SC(c2cc(C(F)(F)F)cc(C(F)(F)F)c2)C1C. The summed E-state index contributed by atoms with van der Waals surface area (Å²) in [4.78, 5) is 14.3. The quantitative estimate of drug-likeness (QED) is 0.253. The van der Waals surface area contributed by atoms with Gasteiger partial charge in [0.25, 0.3) is 5.24 Å². The Hall–Kier alpha value is -3.35. The molecule has 43 heavy (non-hydrogen) atoms. The van der Waals surface area contributed by atoms with Crippen LogP contribution in [-0.2, 0) is 25.1 Å². The van der Waals surface area contributed by atoms with Crippen LogP contribution >= 0.6 is 11.8 Å². The van der Waals surface area contributed by atoms with Crippen molar-refractivity contribution in [3.8, 4) is 16.9 Å². The Bertz CT molecular complexity index is 1480. The fourth-order valence-electron chi connectivity index (χ4n) is 4.95. The number of hydrogen-bond donors (Lipinski definition) is 0. The second-order valence-corrected chi connectivity index (χ2v) is 11.6. The summed E-state index contributed by atoms with van der Waals surface area (Å²) in [6, 6.07) is 8.48. The third kappa shape index (κ3) is 6.91. The lowest BCUT2D eigenvalue weighted by Crippen LogP contribution is -2.31. The van der Waals surface area contributed by atoms with E-state index in [1.54, 1.807) is 12.1 Å². The normalized spacial score (nSPS) is 18.1. The van der Waals surface area contributed by atoms with Gasteiger partial charge >= 0.3 is 18.5 Å². The molecular weight excluding hydrogens is 609 g/mol. The van der Waals surface area contributed by atoms with Crippen LogP contribution < -0.4 is 4.74 Å². The smallest absolute Gasteiger partial charge is 0.416 e. The minimum atomic E-state index is -5.08. The predicted molar refractivity (Wildman–Crippen MR) is 145 cm³/mol. The van der Waals surface area contributed by atoms with Gasteiger partial charge in [0.15, 0.2) is 0 Å². The molecule has 0 N–H and O–H groups in total. The molecule has 1 heterocycles. The van der Waals surface area contributed by atoms with Crippen molar-refractivity contribution in [2.45, 2.75) is 63.1 Å². The van der Waals surface area contributed by atoms with Gasteiger partial charge < -0.3 is 9.64 Å². The maximum Gasteiger partial charge on any atom is 0.416 e. The lowest BCUT2D eigenvalue weighted by atomic mass is 9.92. The topological polar surface area (TPSA) is 29.5 Å². The summed E-state index contributed by atoms with van der Waals surface area (Å²) < 4.78 is 128. The number of carbonyl (C=O) groups excluding carboxylic acids is 1. The number of hydrogen-bond acceptors (Lipinski definition) is 3. The Morgan fingerprint density at radius 3 is 1.88 bits per heavy atom. The van der Waals surface area contributed by atoms with E-state index < -0.39 is 51.8 Å². The monoisotopic (exact) mass is 635 g/mol. The number of alkyl halides is 9. The number of amides is 1. The Labute approximate surface area is 246 Å². The van der Waals surface area contributed by atoms with Crippen LogP contribution in [0.4, 0.5) is 44.3 Å². The second kappa shape index (κ2) is 11.6. The number of halogens is 9. The van der Waals surface area contributed by atoms with Crippen LogP contribution in [0.1, 0.15) is 65.3 Å². The number of methoxy groups -OCH3 is 1. The molecule has 2 unspecified atom stereocenters. The Morgan fingerprint density at radius 1 is 0.791 bits per heavy atom. The average Bonchev–Trinajstić information content (AvgIpc) is 3.19. The first kappa shape index (κ1) is 32.6. The largest absolute Gasteiger partial charge is 0.496 e. The van der Waals surface area contributed by atoms with Crippen molar-refractivity contribution in [3.05, 3.63) is 88.0 Å². The number of thioether (sulfide) groups is 1. The van der Waals surface area contributed by atoms with Gasteiger partial charge in [0.1, 0.15) is 5.75 Å². The summed E-state index contributed by atoms with van der Waals surface area (Å²) in [5.74, 6) is 0.427. The zero-order chi connectivity index (χ0) is 32.1. The molecule has 232 valence electrons. The molecule has 1 aliphatic heterocycles. The molecule has 0 spiro atoms. The average molecular weight is 636 g/mol.